The highest BCUT2D eigenvalue weighted by Gasteiger charge is 2.05. The number of hydrogen-bond donors (Lipinski definition) is 1. The highest BCUT2D eigenvalue weighted by atomic mass is 14.5. The minimum atomic E-state index is 0.845. The number of anilines is 1. The molecule has 1 aliphatic rings. The summed E-state index contributed by atoms with van der Waals surface area (Å²) in [7, 11) is 0. The van der Waals surface area contributed by atoms with Gasteiger partial charge in [0.15, 0.2) is 0 Å². The molecular formula is C11H13N. The fraction of sp³-hybridized carbons (Fsp3) is 0.273. The lowest BCUT2D eigenvalue weighted by Gasteiger charge is -2.01. The third kappa shape index (κ3) is 1.35. The molecule has 0 heterocycles. The number of nitrogen functional groups attached to an aromatic ring is 1. The molecule has 1 nitrogen and oxygen atoms in total. The van der Waals surface area contributed by atoms with Crippen molar-refractivity contribution in [2.75, 3.05) is 5.73 Å². The second-order valence-corrected chi connectivity index (χ2v) is 3.24. The summed E-state index contributed by atoms with van der Waals surface area (Å²) in [4.78, 5) is 0. The Morgan fingerprint density at radius 1 is 1.08 bits per heavy atom. The van der Waals surface area contributed by atoms with Crippen LogP contribution in [-0.2, 0) is 0 Å². The molecule has 1 aliphatic carbocycles. The molecular weight excluding hydrogens is 146 g/mol. The van der Waals surface area contributed by atoms with E-state index in [1.165, 1.54) is 30.4 Å². The summed E-state index contributed by atoms with van der Waals surface area (Å²) in [6, 6.07) is 8.14. The lowest BCUT2D eigenvalue weighted by molar-refractivity contribution is 0.935. The van der Waals surface area contributed by atoms with Crippen LogP contribution in [-0.4, -0.2) is 0 Å². The first-order valence-corrected chi connectivity index (χ1v) is 4.41. The Labute approximate surface area is 72.9 Å². The van der Waals surface area contributed by atoms with Gasteiger partial charge in [0.05, 0.1) is 0 Å². The van der Waals surface area contributed by atoms with Gasteiger partial charge in [-0.15, -0.1) is 0 Å². The minimum absolute atomic E-state index is 0.845. The van der Waals surface area contributed by atoms with E-state index >= 15 is 0 Å². The third-order valence-electron chi connectivity index (χ3n) is 2.32. The molecule has 0 radical (unpaired) electrons. The first-order valence-electron chi connectivity index (χ1n) is 4.41. The molecule has 0 saturated heterocycles. The van der Waals surface area contributed by atoms with Crippen LogP contribution in [0.2, 0.25) is 0 Å². The van der Waals surface area contributed by atoms with Gasteiger partial charge in [0.25, 0.3) is 0 Å². The van der Waals surface area contributed by atoms with Crippen LogP contribution in [0.1, 0.15) is 24.8 Å². The molecule has 1 aromatic carbocycles. The highest BCUT2D eigenvalue weighted by Crippen LogP contribution is 2.27. The lowest BCUT2D eigenvalue weighted by Crippen LogP contribution is -1.85. The summed E-state index contributed by atoms with van der Waals surface area (Å²) in [5, 5.41) is 0. The molecule has 0 spiro atoms. The van der Waals surface area contributed by atoms with E-state index in [0.29, 0.717) is 0 Å². The molecule has 0 atom stereocenters. The third-order valence-corrected chi connectivity index (χ3v) is 2.32. The predicted octanol–water partition coefficient (Wildman–Crippen LogP) is 2.84. The molecule has 0 saturated carbocycles. The second kappa shape index (κ2) is 3.02. The van der Waals surface area contributed by atoms with Crippen LogP contribution >= 0.6 is 0 Å². The van der Waals surface area contributed by atoms with Gasteiger partial charge in [-0.1, -0.05) is 18.2 Å². The van der Waals surface area contributed by atoms with Crippen molar-refractivity contribution in [2.24, 2.45) is 0 Å². The Hall–Kier alpha value is -1.24. The van der Waals surface area contributed by atoms with E-state index in [4.69, 9.17) is 5.73 Å². The molecule has 0 aliphatic heterocycles. The van der Waals surface area contributed by atoms with Crippen LogP contribution in [0.15, 0.2) is 30.3 Å². The second-order valence-electron chi connectivity index (χ2n) is 3.24. The summed E-state index contributed by atoms with van der Waals surface area (Å²) >= 11 is 0. The van der Waals surface area contributed by atoms with Crippen LogP contribution in [0.3, 0.4) is 0 Å². The zero-order valence-corrected chi connectivity index (χ0v) is 7.09. The van der Waals surface area contributed by atoms with Gasteiger partial charge >= 0.3 is 0 Å². The molecule has 1 aromatic rings. The number of hydrogen-bond acceptors (Lipinski definition) is 1. The zero-order chi connectivity index (χ0) is 8.39. The fourth-order valence-corrected chi connectivity index (χ4v) is 1.63. The van der Waals surface area contributed by atoms with Crippen molar-refractivity contribution in [3.8, 4) is 0 Å². The summed E-state index contributed by atoms with van der Waals surface area (Å²) in [6.45, 7) is 0. The average Bonchev–Trinajstić information content (AvgIpc) is 2.58. The molecule has 0 unspecified atom stereocenters. The largest absolute Gasteiger partial charge is 0.399 e. The number of rotatable bonds is 1. The van der Waals surface area contributed by atoms with E-state index in [1.807, 2.05) is 12.1 Å². The van der Waals surface area contributed by atoms with Crippen LogP contribution < -0.4 is 5.73 Å². The van der Waals surface area contributed by atoms with Gasteiger partial charge in [0, 0.05) is 5.69 Å². The molecule has 12 heavy (non-hydrogen) atoms. The molecule has 62 valence electrons. The molecule has 0 amide bonds. The highest BCUT2D eigenvalue weighted by molar-refractivity contribution is 5.68. The van der Waals surface area contributed by atoms with Gasteiger partial charge in [-0.2, -0.15) is 0 Å². The normalized spacial score (nSPS) is 16.2. The Morgan fingerprint density at radius 3 is 2.42 bits per heavy atom. The SMILES string of the molecule is Nc1ccc(C2=CCCC2)cc1. The van der Waals surface area contributed by atoms with Crippen molar-refractivity contribution in [1.29, 1.82) is 0 Å². The fourth-order valence-electron chi connectivity index (χ4n) is 1.63. The van der Waals surface area contributed by atoms with Gasteiger partial charge in [0.1, 0.15) is 0 Å². The molecule has 0 bridgehead atoms. The van der Waals surface area contributed by atoms with E-state index in [9.17, 15) is 0 Å². The zero-order valence-electron chi connectivity index (χ0n) is 7.09. The monoisotopic (exact) mass is 159 g/mol. The van der Waals surface area contributed by atoms with Gasteiger partial charge in [-0.05, 0) is 42.5 Å². The number of allylic oxidation sites excluding steroid dienone is 2. The van der Waals surface area contributed by atoms with E-state index in [0.717, 1.165) is 5.69 Å². The summed E-state index contributed by atoms with van der Waals surface area (Å²) in [6.07, 6.45) is 6.09. The van der Waals surface area contributed by atoms with Crippen molar-refractivity contribution < 1.29 is 0 Å². The van der Waals surface area contributed by atoms with Crippen LogP contribution in [0.4, 0.5) is 5.69 Å². The summed E-state index contributed by atoms with van der Waals surface area (Å²) in [5.41, 5.74) is 9.27. The van der Waals surface area contributed by atoms with E-state index in [1.54, 1.807) is 0 Å². The van der Waals surface area contributed by atoms with Gasteiger partial charge < -0.3 is 5.73 Å². The predicted molar refractivity (Wildman–Crippen MR) is 52.7 cm³/mol. The Bertz CT molecular complexity index is 295. The average molecular weight is 159 g/mol. The first-order chi connectivity index (χ1) is 5.86. The van der Waals surface area contributed by atoms with E-state index < -0.39 is 0 Å². The molecule has 0 aromatic heterocycles. The maximum Gasteiger partial charge on any atom is 0.0314 e. The van der Waals surface area contributed by atoms with Gasteiger partial charge in [0.2, 0.25) is 0 Å². The Balaban J connectivity index is 2.28. The van der Waals surface area contributed by atoms with Crippen LogP contribution in [0, 0.1) is 0 Å². The van der Waals surface area contributed by atoms with Crippen LogP contribution in [0.5, 0.6) is 0 Å². The van der Waals surface area contributed by atoms with Crippen molar-refractivity contribution in [3.63, 3.8) is 0 Å². The minimum Gasteiger partial charge on any atom is -0.399 e. The molecule has 2 N–H and O–H groups in total. The maximum absolute atomic E-state index is 5.61. The van der Waals surface area contributed by atoms with Gasteiger partial charge in [-0.3, -0.25) is 0 Å². The van der Waals surface area contributed by atoms with Crippen LogP contribution in [0.25, 0.3) is 5.57 Å². The maximum atomic E-state index is 5.61. The number of benzene rings is 1. The van der Waals surface area contributed by atoms with Crippen molar-refractivity contribution in [2.45, 2.75) is 19.3 Å². The number of nitrogens with two attached hydrogens (primary N) is 1. The Morgan fingerprint density at radius 2 is 1.83 bits per heavy atom. The summed E-state index contributed by atoms with van der Waals surface area (Å²) < 4.78 is 0. The van der Waals surface area contributed by atoms with E-state index in [-0.39, 0.29) is 0 Å². The quantitative estimate of drug-likeness (QED) is 0.626. The molecule has 0 fully saturated rings. The van der Waals surface area contributed by atoms with Crippen molar-refractivity contribution in [1.82, 2.24) is 0 Å². The standard InChI is InChI=1S/C11H13N/c12-11-7-5-10(6-8-11)9-3-1-2-4-9/h3,5-8H,1-2,4,12H2. The first kappa shape index (κ1) is 7.41. The topological polar surface area (TPSA) is 26.0 Å². The van der Waals surface area contributed by atoms with Gasteiger partial charge in [-0.25, -0.2) is 0 Å². The van der Waals surface area contributed by atoms with E-state index in [2.05, 4.69) is 18.2 Å². The van der Waals surface area contributed by atoms with Crippen molar-refractivity contribution in [3.05, 3.63) is 35.9 Å². The smallest absolute Gasteiger partial charge is 0.0314 e. The molecule has 2 rings (SSSR count). The lowest BCUT2D eigenvalue weighted by atomic mass is 10.1. The molecule has 1 heteroatoms. The summed E-state index contributed by atoms with van der Waals surface area (Å²) in [5.74, 6) is 0. The van der Waals surface area contributed by atoms with Crippen molar-refractivity contribution >= 4 is 11.3 Å². The Kier molecular flexibility index (Phi) is 1.86.